The van der Waals surface area contributed by atoms with Gasteiger partial charge in [0.05, 0.1) is 0 Å². The number of anilines is 2. The van der Waals surface area contributed by atoms with Crippen molar-refractivity contribution in [3.63, 3.8) is 0 Å². The van der Waals surface area contributed by atoms with E-state index in [1.165, 1.54) is 12.8 Å². The van der Waals surface area contributed by atoms with Crippen LogP contribution >= 0.6 is 15.9 Å². The molecule has 0 aliphatic carbocycles. The van der Waals surface area contributed by atoms with Crippen molar-refractivity contribution in [2.45, 2.75) is 32.6 Å². The van der Waals surface area contributed by atoms with E-state index in [2.05, 4.69) is 31.2 Å². The quantitative estimate of drug-likeness (QED) is 0.850. The summed E-state index contributed by atoms with van der Waals surface area (Å²) in [4.78, 5) is 23.2. The summed E-state index contributed by atoms with van der Waals surface area (Å²) in [6.07, 6.45) is 6.17. The normalized spacial score (nSPS) is 15.0. The molecule has 5 nitrogen and oxygen atoms in total. The van der Waals surface area contributed by atoms with Crippen molar-refractivity contribution in [1.29, 1.82) is 0 Å². The lowest BCUT2D eigenvalue weighted by atomic mass is 10.2. The van der Waals surface area contributed by atoms with Gasteiger partial charge in [-0.15, -0.1) is 0 Å². The summed E-state index contributed by atoms with van der Waals surface area (Å²) < 4.78 is 1.02. The highest BCUT2D eigenvalue weighted by molar-refractivity contribution is 9.10. The second-order valence-corrected chi connectivity index (χ2v) is 6.97. The lowest BCUT2D eigenvalue weighted by molar-refractivity contribution is 0.0755. The minimum absolute atomic E-state index is 0.00474. The van der Waals surface area contributed by atoms with Crippen molar-refractivity contribution in [2.24, 2.45) is 0 Å². The molecular formula is C18H21BrN4O. The van der Waals surface area contributed by atoms with E-state index in [0.29, 0.717) is 11.6 Å². The molecule has 0 atom stereocenters. The lowest BCUT2D eigenvalue weighted by Gasteiger charge is -2.19. The highest BCUT2D eigenvalue weighted by atomic mass is 79.9. The number of carbonyl (C=O) groups is 1. The number of hydrogen-bond donors (Lipinski definition) is 1. The van der Waals surface area contributed by atoms with Crippen LogP contribution < -0.4 is 5.32 Å². The molecule has 2 aromatic rings. The number of carbonyl (C=O) groups excluding carboxylic acids is 1. The maximum atomic E-state index is 12.7. The predicted octanol–water partition coefficient (Wildman–Crippen LogP) is 4.31. The van der Waals surface area contributed by atoms with Gasteiger partial charge in [0, 0.05) is 29.4 Å². The smallest absolute Gasteiger partial charge is 0.272 e. The number of amides is 1. The Kier molecular flexibility index (Phi) is 5.45. The number of benzene rings is 1. The number of rotatable bonds is 3. The predicted molar refractivity (Wildman–Crippen MR) is 98.6 cm³/mol. The maximum absolute atomic E-state index is 12.7. The Labute approximate surface area is 150 Å². The SMILES string of the molecule is Cc1cc(Br)ccc1Nc1nccc(C(=O)N2CCCCCC2)n1. The lowest BCUT2D eigenvalue weighted by Crippen LogP contribution is -2.32. The zero-order chi connectivity index (χ0) is 16.9. The molecule has 1 aliphatic heterocycles. The molecule has 0 unspecified atom stereocenters. The van der Waals surface area contributed by atoms with Gasteiger partial charge in [0.15, 0.2) is 0 Å². The van der Waals surface area contributed by atoms with E-state index in [1.54, 1.807) is 12.3 Å². The van der Waals surface area contributed by atoms with E-state index in [-0.39, 0.29) is 5.91 Å². The van der Waals surface area contributed by atoms with Crippen LogP contribution in [0, 0.1) is 6.92 Å². The van der Waals surface area contributed by atoms with Gasteiger partial charge in [-0.05, 0) is 49.6 Å². The third kappa shape index (κ3) is 4.12. The summed E-state index contributed by atoms with van der Waals surface area (Å²) in [6, 6.07) is 7.63. The molecule has 0 saturated carbocycles. The van der Waals surface area contributed by atoms with E-state index in [0.717, 1.165) is 41.7 Å². The van der Waals surface area contributed by atoms with Crippen molar-refractivity contribution < 1.29 is 4.79 Å². The summed E-state index contributed by atoms with van der Waals surface area (Å²) in [5.41, 5.74) is 2.46. The van der Waals surface area contributed by atoms with Crippen molar-refractivity contribution in [1.82, 2.24) is 14.9 Å². The van der Waals surface area contributed by atoms with Crippen molar-refractivity contribution in [3.05, 3.63) is 46.2 Å². The van der Waals surface area contributed by atoms with Crippen LogP contribution in [0.15, 0.2) is 34.9 Å². The molecule has 1 aromatic carbocycles. The highest BCUT2D eigenvalue weighted by Crippen LogP contribution is 2.22. The third-order valence-corrected chi connectivity index (χ3v) is 4.70. The molecule has 1 aliphatic rings. The Hall–Kier alpha value is -1.95. The van der Waals surface area contributed by atoms with Gasteiger partial charge in [0.2, 0.25) is 5.95 Å². The molecule has 1 fully saturated rings. The first-order chi connectivity index (χ1) is 11.6. The Morgan fingerprint density at radius 3 is 2.62 bits per heavy atom. The van der Waals surface area contributed by atoms with Crippen LogP contribution in [0.1, 0.15) is 41.7 Å². The largest absolute Gasteiger partial charge is 0.337 e. The van der Waals surface area contributed by atoms with Crippen molar-refractivity contribution in [3.8, 4) is 0 Å². The second-order valence-electron chi connectivity index (χ2n) is 6.06. The zero-order valence-corrected chi connectivity index (χ0v) is 15.3. The van der Waals surface area contributed by atoms with Crippen molar-refractivity contribution >= 4 is 33.5 Å². The third-order valence-electron chi connectivity index (χ3n) is 4.20. The highest BCUT2D eigenvalue weighted by Gasteiger charge is 2.19. The van der Waals surface area contributed by atoms with Gasteiger partial charge in [-0.1, -0.05) is 28.8 Å². The fourth-order valence-electron chi connectivity index (χ4n) is 2.86. The van der Waals surface area contributed by atoms with Gasteiger partial charge >= 0.3 is 0 Å². The summed E-state index contributed by atoms with van der Waals surface area (Å²) in [5.74, 6) is 0.441. The van der Waals surface area contributed by atoms with Gasteiger partial charge in [-0.2, -0.15) is 0 Å². The Bertz CT molecular complexity index is 727. The van der Waals surface area contributed by atoms with Gasteiger partial charge in [0.25, 0.3) is 5.91 Å². The summed E-state index contributed by atoms with van der Waals surface area (Å²) in [5, 5.41) is 3.20. The first-order valence-electron chi connectivity index (χ1n) is 8.29. The molecule has 1 aromatic heterocycles. The molecule has 6 heteroatoms. The zero-order valence-electron chi connectivity index (χ0n) is 13.8. The molecule has 126 valence electrons. The van der Waals surface area contributed by atoms with E-state index >= 15 is 0 Å². The summed E-state index contributed by atoms with van der Waals surface area (Å²) in [7, 11) is 0. The first kappa shape index (κ1) is 16.9. The Morgan fingerprint density at radius 1 is 1.17 bits per heavy atom. The van der Waals surface area contributed by atoms with Crippen molar-refractivity contribution in [2.75, 3.05) is 18.4 Å². The Balaban J connectivity index is 1.77. The number of hydrogen-bond acceptors (Lipinski definition) is 4. The summed E-state index contributed by atoms with van der Waals surface area (Å²) >= 11 is 3.45. The number of halogens is 1. The van der Waals surface area contributed by atoms with Crippen LogP contribution in [0.25, 0.3) is 0 Å². The second kappa shape index (κ2) is 7.75. The molecule has 1 N–H and O–H groups in total. The van der Waals surface area contributed by atoms with E-state index in [9.17, 15) is 4.79 Å². The molecule has 0 bridgehead atoms. The van der Waals surface area contributed by atoms with Crippen LogP contribution in [0.5, 0.6) is 0 Å². The fraction of sp³-hybridized carbons (Fsp3) is 0.389. The molecule has 24 heavy (non-hydrogen) atoms. The molecule has 3 rings (SSSR count). The van der Waals surface area contributed by atoms with Gasteiger partial charge in [-0.3, -0.25) is 4.79 Å². The van der Waals surface area contributed by atoms with Gasteiger partial charge < -0.3 is 10.2 Å². The van der Waals surface area contributed by atoms with Gasteiger partial charge in [0.1, 0.15) is 5.69 Å². The van der Waals surface area contributed by atoms with E-state index in [4.69, 9.17) is 0 Å². The van der Waals surface area contributed by atoms with Gasteiger partial charge in [-0.25, -0.2) is 9.97 Å². The van der Waals surface area contributed by atoms with Crippen LogP contribution in [-0.4, -0.2) is 33.9 Å². The minimum atomic E-state index is -0.00474. The number of aryl methyl sites for hydroxylation is 1. The molecule has 0 spiro atoms. The standard InChI is InChI=1S/C18H21BrN4O/c1-13-12-14(19)6-7-15(13)21-18-20-9-8-16(22-18)17(24)23-10-4-2-3-5-11-23/h6-9,12H,2-5,10-11H2,1H3,(H,20,21,22). The number of likely N-dealkylation sites (tertiary alicyclic amines) is 1. The number of nitrogens with one attached hydrogen (secondary N) is 1. The monoisotopic (exact) mass is 388 g/mol. The average molecular weight is 389 g/mol. The number of aromatic nitrogens is 2. The molecule has 1 amide bonds. The maximum Gasteiger partial charge on any atom is 0.272 e. The molecule has 0 radical (unpaired) electrons. The van der Waals surface area contributed by atoms with E-state index < -0.39 is 0 Å². The minimum Gasteiger partial charge on any atom is -0.337 e. The van der Waals surface area contributed by atoms with E-state index in [1.807, 2.05) is 30.0 Å². The first-order valence-corrected chi connectivity index (χ1v) is 9.08. The summed E-state index contributed by atoms with van der Waals surface area (Å²) in [6.45, 7) is 3.65. The Morgan fingerprint density at radius 2 is 1.92 bits per heavy atom. The molecule has 2 heterocycles. The fourth-order valence-corrected chi connectivity index (χ4v) is 3.34. The molecule has 1 saturated heterocycles. The van der Waals surface area contributed by atoms with Crippen LogP contribution in [0.2, 0.25) is 0 Å². The average Bonchev–Trinajstić information content (AvgIpc) is 2.86. The van der Waals surface area contributed by atoms with Crippen LogP contribution in [0.3, 0.4) is 0 Å². The van der Waals surface area contributed by atoms with Crippen LogP contribution in [0.4, 0.5) is 11.6 Å². The number of nitrogens with zero attached hydrogens (tertiary/aromatic N) is 3. The topological polar surface area (TPSA) is 58.1 Å². The molecular weight excluding hydrogens is 368 g/mol. The van der Waals surface area contributed by atoms with Crippen LogP contribution in [-0.2, 0) is 0 Å².